The van der Waals surface area contributed by atoms with Crippen LogP contribution in [-0.4, -0.2) is 0 Å². The quantitative estimate of drug-likeness (QED) is 0.714. The van der Waals surface area contributed by atoms with Crippen LogP contribution in [0.2, 0.25) is 0 Å². The van der Waals surface area contributed by atoms with Crippen LogP contribution in [0.5, 0.6) is 0 Å². The maximum Gasteiger partial charge on any atom is 0.126 e. The fraction of sp³-hybridized carbons (Fsp3) is 0. The van der Waals surface area contributed by atoms with Gasteiger partial charge in [-0.2, -0.15) is 5.26 Å². The van der Waals surface area contributed by atoms with Crippen molar-refractivity contribution in [1.82, 2.24) is 0 Å². The predicted molar refractivity (Wildman–Crippen MR) is 56.5 cm³/mol. The first-order valence-corrected chi connectivity index (χ1v) is 4.65. The van der Waals surface area contributed by atoms with E-state index >= 15 is 0 Å². The Hall–Kier alpha value is -2.21. The summed E-state index contributed by atoms with van der Waals surface area (Å²) in [6.07, 6.45) is 0. The molecule has 16 heavy (non-hydrogen) atoms. The third-order valence-electron chi connectivity index (χ3n) is 2.19. The number of benzene rings is 2. The SMILES string of the molecule is N#Cc1cccc(-c2cc(F)cc(F)c2)c1. The molecule has 0 aliphatic carbocycles. The zero-order valence-corrected chi connectivity index (χ0v) is 8.24. The van der Waals surface area contributed by atoms with Gasteiger partial charge in [0.15, 0.2) is 0 Å². The summed E-state index contributed by atoms with van der Waals surface area (Å²) in [5.74, 6) is -1.25. The molecule has 2 rings (SSSR count). The van der Waals surface area contributed by atoms with Gasteiger partial charge in [0.2, 0.25) is 0 Å². The average molecular weight is 215 g/mol. The van der Waals surface area contributed by atoms with Crippen LogP contribution in [0.4, 0.5) is 8.78 Å². The zero-order chi connectivity index (χ0) is 11.5. The molecule has 0 amide bonds. The van der Waals surface area contributed by atoms with Gasteiger partial charge in [-0.25, -0.2) is 8.78 Å². The second-order valence-corrected chi connectivity index (χ2v) is 3.35. The van der Waals surface area contributed by atoms with Gasteiger partial charge in [0.05, 0.1) is 11.6 Å². The molecule has 1 nitrogen and oxygen atoms in total. The van der Waals surface area contributed by atoms with E-state index < -0.39 is 11.6 Å². The molecule has 0 heterocycles. The molecule has 0 bridgehead atoms. The first-order valence-electron chi connectivity index (χ1n) is 4.65. The van der Waals surface area contributed by atoms with Crippen molar-refractivity contribution in [1.29, 1.82) is 5.26 Å². The van der Waals surface area contributed by atoms with Crippen LogP contribution < -0.4 is 0 Å². The lowest BCUT2D eigenvalue weighted by molar-refractivity contribution is 0.584. The van der Waals surface area contributed by atoms with Gasteiger partial charge in [0.25, 0.3) is 0 Å². The van der Waals surface area contributed by atoms with Crippen LogP contribution in [0, 0.1) is 23.0 Å². The van der Waals surface area contributed by atoms with Gasteiger partial charge in [-0.05, 0) is 35.4 Å². The predicted octanol–water partition coefficient (Wildman–Crippen LogP) is 3.50. The first kappa shape index (κ1) is 10.3. The first-order chi connectivity index (χ1) is 7.69. The summed E-state index contributed by atoms with van der Waals surface area (Å²) in [6.45, 7) is 0. The number of hydrogen-bond donors (Lipinski definition) is 0. The minimum absolute atomic E-state index is 0.426. The Balaban J connectivity index is 2.54. The van der Waals surface area contributed by atoms with E-state index in [4.69, 9.17) is 5.26 Å². The molecule has 0 fully saturated rings. The van der Waals surface area contributed by atoms with Crippen molar-refractivity contribution >= 4 is 0 Å². The molecule has 2 aromatic carbocycles. The number of halogens is 2. The Morgan fingerprint density at radius 1 is 0.875 bits per heavy atom. The second-order valence-electron chi connectivity index (χ2n) is 3.35. The Kier molecular flexibility index (Phi) is 2.65. The minimum atomic E-state index is -0.627. The standard InChI is InChI=1S/C13H7F2N/c14-12-5-11(6-13(15)7-12)10-3-1-2-9(4-10)8-16/h1-7H. The van der Waals surface area contributed by atoms with Gasteiger partial charge in [0, 0.05) is 6.07 Å². The molecule has 0 aliphatic heterocycles. The Bertz CT molecular complexity index is 550. The lowest BCUT2D eigenvalue weighted by Crippen LogP contribution is -1.85. The van der Waals surface area contributed by atoms with E-state index in [2.05, 4.69) is 0 Å². The number of rotatable bonds is 1. The van der Waals surface area contributed by atoms with Crippen molar-refractivity contribution in [2.75, 3.05) is 0 Å². The maximum absolute atomic E-state index is 13.0. The highest BCUT2D eigenvalue weighted by molar-refractivity contribution is 5.65. The second kappa shape index (κ2) is 4.11. The van der Waals surface area contributed by atoms with Gasteiger partial charge in [-0.1, -0.05) is 12.1 Å². The number of nitrogens with zero attached hydrogens (tertiary/aromatic N) is 1. The smallest absolute Gasteiger partial charge is 0.126 e. The summed E-state index contributed by atoms with van der Waals surface area (Å²) in [6, 6.07) is 11.9. The molecule has 0 saturated carbocycles. The van der Waals surface area contributed by atoms with Crippen LogP contribution in [0.1, 0.15) is 5.56 Å². The molecule has 78 valence electrons. The third kappa shape index (κ3) is 2.06. The zero-order valence-electron chi connectivity index (χ0n) is 8.24. The molecule has 0 radical (unpaired) electrons. The topological polar surface area (TPSA) is 23.8 Å². The van der Waals surface area contributed by atoms with Crippen molar-refractivity contribution in [2.24, 2.45) is 0 Å². The molecule has 0 unspecified atom stereocenters. The molecule has 0 saturated heterocycles. The molecule has 3 heteroatoms. The summed E-state index contributed by atoms with van der Waals surface area (Å²) >= 11 is 0. The Morgan fingerprint density at radius 2 is 1.56 bits per heavy atom. The van der Waals surface area contributed by atoms with E-state index in [1.54, 1.807) is 24.3 Å². The van der Waals surface area contributed by atoms with Gasteiger partial charge < -0.3 is 0 Å². The highest BCUT2D eigenvalue weighted by atomic mass is 19.1. The van der Waals surface area contributed by atoms with Gasteiger partial charge in [-0.15, -0.1) is 0 Å². The van der Waals surface area contributed by atoms with Gasteiger partial charge in [-0.3, -0.25) is 0 Å². The van der Waals surface area contributed by atoms with Crippen LogP contribution >= 0.6 is 0 Å². The summed E-state index contributed by atoms with van der Waals surface area (Å²) < 4.78 is 26.0. The average Bonchev–Trinajstić information content (AvgIpc) is 2.28. The molecule has 2 aromatic rings. The summed E-state index contributed by atoms with van der Waals surface area (Å²) in [4.78, 5) is 0. The van der Waals surface area contributed by atoms with Crippen LogP contribution in [-0.2, 0) is 0 Å². The summed E-state index contributed by atoms with van der Waals surface area (Å²) in [7, 11) is 0. The van der Waals surface area contributed by atoms with Crippen molar-refractivity contribution in [3.63, 3.8) is 0 Å². The Labute approximate surface area is 91.6 Å². The van der Waals surface area contributed by atoms with Gasteiger partial charge >= 0.3 is 0 Å². The Morgan fingerprint density at radius 3 is 2.19 bits per heavy atom. The number of nitriles is 1. The van der Waals surface area contributed by atoms with Crippen molar-refractivity contribution in [3.05, 3.63) is 59.7 Å². The third-order valence-corrected chi connectivity index (χ3v) is 2.19. The van der Waals surface area contributed by atoms with Gasteiger partial charge in [0.1, 0.15) is 11.6 Å². The lowest BCUT2D eigenvalue weighted by atomic mass is 10.0. The van der Waals surface area contributed by atoms with Crippen molar-refractivity contribution in [3.8, 4) is 17.2 Å². The fourth-order valence-corrected chi connectivity index (χ4v) is 1.49. The summed E-state index contributed by atoms with van der Waals surface area (Å²) in [5.41, 5.74) is 1.51. The largest absolute Gasteiger partial charge is 0.207 e. The highest BCUT2D eigenvalue weighted by Gasteiger charge is 2.03. The fourth-order valence-electron chi connectivity index (χ4n) is 1.49. The van der Waals surface area contributed by atoms with E-state index in [9.17, 15) is 8.78 Å². The molecular weight excluding hydrogens is 208 g/mol. The van der Waals surface area contributed by atoms with E-state index in [1.165, 1.54) is 12.1 Å². The van der Waals surface area contributed by atoms with E-state index in [0.29, 0.717) is 16.7 Å². The summed E-state index contributed by atoms with van der Waals surface area (Å²) in [5, 5.41) is 8.72. The van der Waals surface area contributed by atoms with Crippen LogP contribution in [0.25, 0.3) is 11.1 Å². The van der Waals surface area contributed by atoms with Crippen molar-refractivity contribution < 1.29 is 8.78 Å². The van der Waals surface area contributed by atoms with Crippen molar-refractivity contribution in [2.45, 2.75) is 0 Å². The molecule has 0 aliphatic rings. The van der Waals surface area contributed by atoms with E-state index in [0.717, 1.165) is 6.07 Å². The molecule has 0 N–H and O–H groups in total. The molecule has 0 spiro atoms. The number of hydrogen-bond acceptors (Lipinski definition) is 1. The lowest BCUT2D eigenvalue weighted by Gasteiger charge is -2.02. The highest BCUT2D eigenvalue weighted by Crippen LogP contribution is 2.22. The monoisotopic (exact) mass is 215 g/mol. The molecule has 0 atom stereocenters. The van der Waals surface area contributed by atoms with E-state index in [1.807, 2.05) is 6.07 Å². The normalized spacial score (nSPS) is 9.81. The maximum atomic E-state index is 13.0. The van der Waals surface area contributed by atoms with Crippen LogP contribution in [0.3, 0.4) is 0 Å². The molecule has 0 aromatic heterocycles. The minimum Gasteiger partial charge on any atom is -0.207 e. The molecular formula is C13H7F2N. The van der Waals surface area contributed by atoms with Crippen LogP contribution in [0.15, 0.2) is 42.5 Å². The van der Waals surface area contributed by atoms with E-state index in [-0.39, 0.29) is 0 Å².